The number of ether oxygens (including phenoxy) is 2. The number of fused-ring (bicyclic) bond motifs is 2. The number of rotatable bonds is 3. The number of hydrogen-bond donors (Lipinski definition) is 1. The first-order valence-corrected chi connectivity index (χ1v) is 13.5. The number of allylic oxidation sites excluding steroid dienone is 2. The summed E-state index contributed by atoms with van der Waals surface area (Å²) in [4.78, 5) is 28.2. The summed E-state index contributed by atoms with van der Waals surface area (Å²) in [7, 11) is 1.67. The Kier molecular flexibility index (Phi) is 6.49. The SMILES string of the molecule is COc1ccc(C2=NN(C3CCN(C(=O)NC(C)(C)C)CC3)C(=O)[C@H]3CC=CC[C@@H]23)c2c1OC(C)(C)C2. The third-order valence-corrected chi connectivity index (χ3v) is 7.82. The molecule has 3 aliphatic heterocycles. The number of likely N-dealkylation sites (tertiary alicyclic amines) is 1. The van der Waals surface area contributed by atoms with Crippen LogP contribution in [0.4, 0.5) is 4.79 Å². The van der Waals surface area contributed by atoms with E-state index in [1.807, 2.05) is 31.7 Å². The van der Waals surface area contributed by atoms with Crippen LogP contribution in [0.3, 0.4) is 0 Å². The fraction of sp³-hybridized carbons (Fsp3) is 0.621. The van der Waals surface area contributed by atoms with Gasteiger partial charge in [0.1, 0.15) is 5.60 Å². The molecule has 1 saturated heterocycles. The Morgan fingerprint density at radius 1 is 1.14 bits per heavy atom. The van der Waals surface area contributed by atoms with Crippen LogP contribution in [0, 0.1) is 11.8 Å². The van der Waals surface area contributed by atoms with Crippen LogP contribution < -0.4 is 14.8 Å². The van der Waals surface area contributed by atoms with E-state index in [4.69, 9.17) is 14.6 Å². The van der Waals surface area contributed by atoms with Gasteiger partial charge in [-0.05, 0) is 72.4 Å². The number of hydrogen-bond acceptors (Lipinski definition) is 5. The van der Waals surface area contributed by atoms with E-state index in [0.29, 0.717) is 25.9 Å². The Morgan fingerprint density at radius 2 is 1.81 bits per heavy atom. The number of urea groups is 1. The highest BCUT2D eigenvalue weighted by atomic mass is 16.5. The minimum absolute atomic E-state index is 0.0213. The predicted molar refractivity (Wildman–Crippen MR) is 143 cm³/mol. The molecule has 0 aromatic heterocycles. The summed E-state index contributed by atoms with van der Waals surface area (Å²) < 4.78 is 11.9. The molecule has 1 fully saturated rings. The number of piperidine rings is 1. The molecule has 0 radical (unpaired) electrons. The lowest BCUT2D eigenvalue weighted by Gasteiger charge is -2.43. The normalized spacial score (nSPS) is 25.2. The van der Waals surface area contributed by atoms with E-state index in [9.17, 15) is 9.59 Å². The fourth-order valence-electron chi connectivity index (χ4n) is 6.06. The molecular formula is C29H40N4O4. The number of amides is 3. The molecule has 5 rings (SSSR count). The zero-order chi connectivity index (χ0) is 26.5. The van der Waals surface area contributed by atoms with Crippen LogP contribution in [0.25, 0.3) is 0 Å². The highest BCUT2D eigenvalue weighted by Crippen LogP contribution is 2.46. The lowest BCUT2D eigenvalue weighted by Crippen LogP contribution is -2.55. The van der Waals surface area contributed by atoms with E-state index in [1.54, 1.807) is 12.1 Å². The lowest BCUT2D eigenvalue weighted by atomic mass is 9.75. The Labute approximate surface area is 220 Å². The minimum Gasteiger partial charge on any atom is -0.493 e. The summed E-state index contributed by atoms with van der Waals surface area (Å²) in [5, 5.41) is 9.91. The first-order chi connectivity index (χ1) is 17.5. The van der Waals surface area contributed by atoms with Crippen molar-refractivity contribution < 1.29 is 19.1 Å². The quantitative estimate of drug-likeness (QED) is 0.609. The van der Waals surface area contributed by atoms with Crippen molar-refractivity contribution in [3.05, 3.63) is 35.4 Å². The van der Waals surface area contributed by atoms with Gasteiger partial charge in [0.15, 0.2) is 11.5 Å². The maximum atomic E-state index is 13.7. The Hall–Kier alpha value is -3.03. The first kappa shape index (κ1) is 25.6. The predicted octanol–water partition coefficient (Wildman–Crippen LogP) is 4.51. The van der Waals surface area contributed by atoms with Crippen LogP contribution in [0.15, 0.2) is 29.4 Å². The second kappa shape index (κ2) is 9.37. The first-order valence-electron chi connectivity index (χ1n) is 13.5. The molecule has 1 aliphatic carbocycles. The van der Waals surface area contributed by atoms with Crippen LogP contribution in [-0.2, 0) is 11.2 Å². The zero-order valence-electron chi connectivity index (χ0n) is 23.0. The van der Waals surface area contributed by atoms with Crippen LogP contribution in [0.1, 0.15) is 71.4 Å². The summed E-state index contributed by atoms with van der Waals surface area (Å²) >= 11 is 0. The van der Waals surface area contributed by atoms with E-state index >= 15 is 0 Å². The van der Waals surface area contributed by atoms with Crippen molar-refractivity contribution in [2.45, 2.75) is 83.9 Å². The topological polar surface area (TPSA) is 83.5 Å². The lowest BCUT2D eigenvalue weighted by molar-refractivity contribution is -0.141. The van der Waals surface area contributed by atoms with Gasteiger partial charge in [-0.1, -0.05) is 12.2 Å². The van der Waals surface area contributed by atoms with Gasteiger partial charge in [-0.15, -0.1) is 0 Å². The number of benzene rings is 1. The summed E-state index contributed by atoms with van der Waals surface area (Å²) in [5.74, 6) is 1.56. The largest absolute Gasteiger partial charge is 0.493 e. The molecule has 0 spiro atoms. The molecule has 2 atom stereocenters. The molecule has 1 aromatic rings. The van der Waals surface area contributed by atoms with Gasteiger partial charge in [0.2, 0.25) is 5.91 Å². The number of hydrazone groups is 1. The molecule has 3 heterocycles. The van der Waals surface area contributed by atoms with Crippen molar-refractivity contribution in [1.29, 1.82) is 0 Å². The maximum absolute atomic E-state index is 13.7. The number of nitrogens with one attached hydrogen (secondary N) is 1. The zero-order valence-corrected chi connectivity index (χ0v) is 23.0. The van der Waals surface area contributed by atoms with E-state index in [0.717, 1.165) is 47.6 Å². The van der Waals surface area contributed by atoms with Gasteiger partial charge >= 0.3 is 6.03 Å². The van der Waals surface area contributed by atoms with Gasteiger partial charge in [-0.2, -0.15) is 5.10 Å². The molecule has 8 heteroatoms. The van der Waals surface area contributed by atoms with E-state index in [-0.39, 0.29) is 41.0 Å². The highest BCUT2D eigenvalue weighted by molar-refractivity contribution is 6.08. The molecule has 4 aliphatic rings. The molecule has 0 saturated carbocycles. The maximum Gasteiger partial charge on any atom is 0.317 e. The second-order valence-electron chi connectivity index (χ2n) is 12.4. The highest BCUT2D eigenvalue weighted by Gasteiger charge is 2.45. The van der Waals surface area contributed by atoms with E-state index in [1.165, 1.54) is 0 Å². The molecule has 200 valence electrons. The van der Waals surface area contributed by atoms with Crippen LogP contribution >= 0.6 is 0 Å². The number of methoxy groups -OCH3 is 1. The Balaban J connectivity index is 1.45. The molecule has 1 N–H and O–H groups in total. The third-order valence-electron chi connectivity index (χ3n) is 7.82. The molecule has 3 amide bonds. The minimum atomic E-state index is -0.331. The standard InChI is InChI=1S/C29H40N4O4/c1-28(2,3)30-27(35)32-15-13-18(14-16-32)33-26(34)21-10-8-7-9-19(21)24(31-33)20-11-12-23(36-6)25-22(20)17-29(4,5)37-25/h7-8,11-12,18-19,21H,9-10,13-17H2,1-6H3,(H,30,35)/t19-,21+/m1/s1. The number of nitrogens with zero attached hydrogens (tertiary/aromatic N) is 3. The summed E-state index contributed by atoms with van der Waals surface area (Å²) in [6.07, 6.45) is 8.02. The van der Waals surface area contributed by atoms with Crippen molar-refractivity contribution in [3.63, 3.8) is 0 Å². The van der Waals surface area contributed by atoms with E-state index in [2.05, 4.69) is 37.4 Å². The molecular weight excluding hydrogens is 468 g/mol. The van der Waals surface area contributed by atoms with Crippen LogP contribution in [0.2, 0.25) is 0 Å². The Morgan fingerprint density at radius 3 is 2.46 bits per heavy atom. The average molecular weight is 509 g/mol. The van der Waals surface area contributed by atoms with Crippen molar-refractivity contribution in [2.24, 2.45) is 16.9 Å². The monoisotopic (exact) mass is 508 g/mol. The second-order valence-corrected chi connectivity index (χ2v) is 12.4. The van der Waals surface area contributed by atoms with Gasteiger partial charge in [0.05, 0.1) is 24.8 Å². The fourth-order valence-corrected chi connectivity index (χ4v) is 6.06. The number of carbonyl (C=O) groups excluding carboxylic acids is 2. The molecule has 1 aromatic carbocycles. The van der Waals surface area contributed by atoms with E-state index < -0.39 is 0 Å². The summed E-state index contributed by atoms with van der Waals surface area (Å²) in [6.45, 7) is 11.3. The smallest absolute Gasteiger partial charge is 0.317 e. The molecule has 8 nitrogen and oxygen atoms in total. The van der Waals surface area contributed by atoms with Crippen LogP contribution in [0.5, 0.6) is 11.5 Å². The van der Waals surface area contributed by atoms with Crippen molar-refractivity contribution >= 4 is 17.6 Å². The molecule has 0 unspecified atom stereocenters. The van der Waals surface area contributed by atoms with Gasteiger partial charge in [-0.25, -0.2) is 9.80 Å². The van der Waals surface area contributed by atoms with Gasteiger partial charge in [0.25, 0.3) is 0 Å². The molecule has 0 bridgehead atoms. The van der Waals surface area contributed by atoms with Crippen molar-refractivity contribution in [1.82, 2.24) is 15.2 Å². The van der Waals surface area contributed by atoms with Gasteiger partial charge in [0, 0.05) is 42.1 Å². The Bertz CT molecular complexity index is 1140. The van der Waals surface area contributed by atoms with Crippen LogP contribution in [-0.4, -0.2) is 64.9 Å². The summed E-state index contributed by atoms with van der Waals surface area (Å²) in [6, 6.07) is 3.98. The third kappa shape index (κ3) is 4.94. The van der Waals surface area contributed by atoms with Gasteiger partial charge < -0.3 is 19.7 Å². The van der Waals surface area contributed by atoms with Gasteiger partial charge in [-0.3, -0.25) is 4.79 Å². The summed E-state index contributed by atoms with van der Waals surface area (Å²) in [5.41, 5.74) is 2.53. The molecule has 37 heavy (non-hydrogen) atoms. The average Bonchev–Trinajstić information content (AvgIpc) is 3.18. The van der Waals surface area contributed by atoms with Crippen molar-refractivity contribution in [2.75, 3.05) is 20.2 Å². The number of carbonyl (C=O) groups is 2. The van der Waals surface area contributed by atoms with Crippen molar-refractivity contribution in [3.8, 4) is 11.5 Å².